The van der Waals surface area contributed by atoms with Crippen LogP contribution in [0.25, 0.3) is 0 Å². The summed E-state index contributed by atoms with van der Waals surface area (Å²) >= 11 is 0. The maximum absolute atomic E-state index is 12.9. The lowest BCUT2D eigenvalue weighted by atomic mass is 9.95. The molecule has 2 aliphatic heterocycles. The molecule has 0 unspecified atom stereocenters. The van der Waals surface area contributed by atoms with Crippen LogP contribution in [0.1, 0.15) is 32.3 Å². The quantitative estimate of drug-likeness (QED) is 0.748. The number of carbonyl (C=O) groups excluding carboxylic acids is 3. The van der Waals surface area contributed by atoms with E-state index in [0.29, 0.717) is 25.9 Å². The first-order valence-electron chi connectivity index (χ1n) is 10.1. The molecule has 1 saturated heterocycles. The summed E-state index contributed by atoms with van der Waals surface area (Å²) in [5, 5.41) is 2.62. The van der Waals surface area contributed by atoms with Crippen molar-refractivity contribution in [3.63, 3.8) is 0 Å². The summed E-state index contributed by atoms with van der Waals surface area (Å²) in [7, 11) is 0. The highest BCUT2D eigenvalue weighted by molar-refractivity contribution is 5.97. The molecule has 8 heteroatoms. The molecule has 1 fully saturated rings. The average Bonchev–Trinajstić information content (AvgIpc) is 3.14. The standard InChI is InChI=1S/C21H30N4O3.ClH/c1-14(2)19(22)20(27)23-13-18(26)24-10-7-16(8-11-24)21(28)25-12-9-15-5-3-4-6-17(15)25;/h3-6,14,16,19H,7-13,22H2,1-2H3,(H,23,27);1H/t19-;/m0./s1. The molecule has 1 atom stereocenters. The van der Waals surface area contributed by atoms with E-state index in [-0.39, 0.29) is 48.5 Å². The largest absolute Gasteiger partial charge is 0.346 e. The van der Waals surface area contributed by atoms with Crippen LogP contribution in [-0.2, 0) is 20.8 Å². The summed E-state index contributed by atoms with van der Waals surface area (Å²) in [6.45, 7) is 5.50. The molecular weight excluding hydrogens is 392 g/mol. The number of nitrogens with zero attached hydrogens (tertiary/aromatic N) is 2. The number of benzene rings is 1. The SMILES string of the molecule is CC(C)[C@H](N)C(=O)NCC(=O)N1CCC(C(=O)N2CCc3ccccc32)CC1.Cl. The van der Waals surface area contributed by atoms with Crippen LogP contribution in [0.3, 0.4) is 0 Å². The van der Waals surface area contributed by atoms with Gasteiger partial charge in [0.2, 0.25) is 17.7 Å². The summed E-state index contributed by atoms with van der Waals surface area (Å²) in [6.07, 6.45) is 2.21. The van der Waals surface area contributed by atoms with E-state index in [1.165, 1.54) is 5.56 Å². The monoisotopic (exact) mass is 422 g/mol. The number of likely N-dealkylation sites (tertiary alicyclic amines) is 1. The van der Waals surface area contributed by atoms with E-state index in [1.807, 2.05) is 36.9 Å². The third-order valence-corrected chi connectivity index (χ3v) is 5.78. The van der Waals surface area contributed by atoms with E-state index >= 15 is 0 Å². The Labute approximate surface area is 178 Å². The molecule has 0 aliphatic carbocycles. The zero-order valence-corrected chi connectivity index (χ0v) is 17.9. The van der Waals surface area contributed by atoms with Gasteiger partial charge in [0, 0.05) is 31.2 Å². The third-order valence-electron chi connectivity index (χ3n) is 5.78. The van der Waals surface area contributed by atoms with E-state index in [0.717, 1.165) is 18.7 Å². The van der Waals surface area contributed by atoms with E-state index in [2.05, 4.69) is 11.4 Å². The predicted octanol–water partition coefficient (Wildman–Crippen LogP) is 1.34. The van der Waals surface area contributed by atoms with Gasteiger partial charge in [-0.3, -0.25) is 14.4 Å². The van der Waals surface area contributed by atoms with Gasteiger partial charge >= 0.3 is 0 Å². The highest BCUT2D eigenvalue weighted by Gasteiger charge is 2.33. The average molecular weight is 423 g/mol. The third kappa shape index (κ3) is 5.28. The molecule has 0 radical (unpaired) electrons. The molecule has 160 valence electrons. The van der Waals surface area contributed by atoms with E-state index in [9.17, 15) is 14.4 Å². The fourth-order valence-corrected chi connectivity index (χ4v) is 3.86. The number of piperidine rings is 1. The van der Waals surface area contributed by atoms with Gasteiger partial charge in [-0.05, 0) is 36.8 Å². The normalized spacial score (nSPS) is 17.5. The first kappa shape index (κ1) is 23.2. The van der Waals surface area contributed by atoms with Crippen LogP contribution in [-0.4, -0.2) is 54.8 Å². The van der Waals surface area contributed by atoms with Gasteiger partial charge in [-0.1, -0.05) is 32.0 Å². The van der Waals surface area contributed by atoms with Crippen LogP contribution in [0, 0.1) is 11.8 Å². The molecule has 29 heavy (non-hydrogen) atoms. The number of fused-ring (bicyclic) bond motifs is 1. The molecule has 0 saturated carbocycles. The first-order valence-corrected chi connectivity index (χ1v) is 10.1. The molecular formula is C21H31ClN4O3. The zero-order chi connectivity index (χ0) is 20.3. The molecule has 0 bridgehead atoms. The van der Waals surface area contributed by atoms with Crippen LogP contribution in [0.5, 0.6) is 0 Å². The Morgan fingerprint density at radius 3 is 2.45 bits per heavy atom. The van der Waals surface area contributed by atoms with Gasteiger partial charge in [0.1, 0.15) is 0 Å². The number of hydrogen-bond donors (Lipinski definition) is 2. The second-order valence-electron chi connectivity index (χ2n) is 8.01. The summed E-state index contributed by atoms with van der Waals surface area (Å²) in [6, 6.07) is 7.43. The Bertz CT molecular complexity index is 747. The van der Waals surface area contributed by atoms with Crippen molar-refractivity contribution in [1.29, 1.82) is 0 Å². The number of hydrogen-bond acceptors (Lipinski definition) is 4. The van der Waals surface area contributed by atoms with Crippen molar-refractivity contribution in [2.75, 3.05) is 31.1 Å². The number of para-hydroxylation sites is 1. The molecule has 2 heterocycles. The molecule has 2 aliphatic rings. The Balaban J connectivity index is 0.00000300. The minimum Gasteiger partial charge on any atom is -0.346 e. The fraction of sp³-hybridized carbons (Fsp3) is 0.571. The molecule has 3 rings (SSSR count). The predicted molar refractivity (Wildman–Crippen MR) is 115 cm³/mol. The number of nitrogens with one attached hydrogen (secondary N) is 1. The van der Waals surface area contributed by atoms with Crippen LogP contribution in [0.2, 0.25) is 0 Å². The van der Waals surface area contributed by atoms with Crippen molar-refractivity contribution in [3.05, 3.63) is 29.8 Å². The Morgan fingerprint density at radius 2 is 1.79 bits per heavy atom. The minimum absolute atomic E-state index is 0. The van der Waals surface area contributed by atoms with Gasteiger partial charge in [0.05, 0.1) is 12.6 Å². The van der Waals surface area contributed by atoms with E-state index in [1.54, 1.807) is 4.90 Å². The van der Waals surface area contributed by atoms with Gasteiger partial charge in [-0.2, -0.15) is 0 Å². The second-order valence-corrected chi connectivity index (χ2v) is 8.01. The van der Waals surface area contributed by atoms with Gasteiger partial charge in [0.15, 0.2) is 0 Å². The second kappa shape index (κ2) is 10.1. The summed E-state index contributed by atoms with van der Waals surface area (Å²) < 4.78 is 0. The topological polar surface area (TPSA) is 95.7 Å². The van der Waals surface area contributed by atoms with E-state index in [4.69, 9.17) is 5.73 Å². The van der Waals surface area contributed by atoms with E-state index < -0.39 is 6.04 Å². The number of anilines is 1. The van der Waals surface area contributed by atoms with Crippen molar-refractivity contribution in [2.45, 2.75) is 39.2 Å². The Hall–Kier alpha value is -2.12. The van der Waals surface area contributed by atoms with Crippen LogP contribution >= 0.6 is 12.4 Å². The van der Waals surface area contributed by atoms with Crippen molar-refractivity contribution >= 4 is 35.8 Å². The number of rotatable bonds is 5. The number of carbonyl (C=O) groups is 3. The maximum atomic E-state index is 12.9. The van der Waals surface area contributed by atoms with Gasteiger partial charge in [-0.25, -0.2) is 0 Å². The van der Waals surface area contributed by atoms with Gasteiger partial charge in [0.25, 0.3) is 0 Å². The molecule has 0 spiro atoms. The van der Waals surface area contributed by atoms with Crippen molar-refractivity contribution in [1.82, 2.24) is 10.2 Å². The van der Waals surface area contributed by atoms with Gasteiger partial charge in [-0.15, -0.1) is 12.4 Å². The minimum atomic E-state index is -0.612. The fourth-order valence-electron chi connectivity index (χ4n) is 3.86. The number of nitrogens with two attached hydrogens (primary N) is 1. The maximum Gasteiger partial charge on any atom is 0.241 e. The van der Waals surface area contributed by atoms with Crippen LogP contribution in [0.15, 0.2) is 24.3 Å². The molecule has 3 N–H and O–H groups in total. The highest BCUT2D eigenvalue weighted by atomic mass is 35.5. The first-order chi connectivity index (χ1) is 13.4. The lowest BCUT2D eigenvalue weighted by molar-refractivity contribution is -0.136. The lowest BCUT2D eigenvalue weighted by Crippen LogP contribution is -2.50. The Morgan fingerprint density at radius 1 is 1.14 bits per heavy atom. The molecule has 3 amide bonds. The van der Waals surface area contributed by atoms with Crippen molar-refractivity contribution < 1.29 is 14.4 Å². The van der Waals surface area contributed by atoms with Crippen molar-refractivity contribution in [2.24, 2.45) is 17.6 Å². The lowest BCUT2D eigenvalue weighted by Gasteiger charge is -2.33. The summed E-state index contributed by atoms with van der Waals surface area (Å²) in [4.78, 5) is 40.8. The number of amides is 3. The Kier molecular flexibility index (Phi) is 8.05. The highest BCUT2D eigenvalue weighted by Crippen LogP contribution is 2.30. The molecule has 1 aromatic carbocycles. The molecule has 1 aromatic rings. The van der Waals surface area contributed by atoms with Crippen molar-refractivity contribution in [3.8, 4) is 0 Å². The summed E-state index contributed by atoms with van der Waals surface area (Å²) in [5.74, 6) is -0.303. The summed E-state index contributed by atoms with van der Waals surface area (Å²) in [5.41, 5.74) is 8.04. The molecule has 0 aromatic heterocycles. The number of halogens is 1. The zero-order valence-electron chi connectivity index (χ0n) is 17.1. The van der Waals surface area contributed by atoms with Crippen LogP contribution < -0.4 is 16.0 Å². The smallest absolute Gasteiger partial charge is 0.241 e. The van der Waals surface area contributed by atoms with Crippen LogP contribution in [0.4, 0.5) is 5.69 Å². The molecule has 7 nitrogen and oxygen atoms in total. The van der Waals surface area contributed by atoms with Gasteiger partial charge < -0.3 is 20.9 Å².